The highest BCUT2D eigenvalue weighted by Gasteiger charge is 2.13. The second-order valence-corrected chi connectivity index (χ2v) is 4.31. The zero-order valence-electron chi connectivity index (χ0n) is 10.4. The normalized spacial score (nSPS) is 10.6. The fourth-order valence-electron chi connectivity index (χ4n) is 2.01. The summed E-state index contributed by atoms with van der Waals surface area (Å²) in [6.07, 6.45) is 6.50. The van der Waals surface area contributed by atoms with E-state index in [2.05, 4.69) is 15.0 Å². The second kappa shape index (κ2) is 4.57. The molecule has 19 heavy (non-hydrogen) atoms. The molecule has 0 amide bonds. The first-order valence-electron chi connectivity index (χ1n) is 5.92. The van der Waals surface area contributed by atoms with Crippen molar-refractivity contribution in [2.24, 2.45) is 0 Å². The lowest BCUT2D eigenvalue weighted by Gasteiger charge is -2.04. The molecule has 0 aliphatic rings. The Kier molecular flexibility index (Phi) is 2.76. The molecule has 0 N–H and O–H groups in total. The standard InChI is InChI=1S/C15H11N3O/c1-10-7-11(9-16-8-10)15(19)12-3-2-4-13-14(12)18-6-5-17-13/h2-9H,1H3. The summed E-state index contributed by atoms with van der Waals surface area (Å²) in [5.74, 6) is -0.0812. The number of hydrogen-bond donors (Lipinski definition) is 0. The Hall–Kier alpha value is -2.62. The van der Waals surface area contributed by atoms with Gasteiger partial charge in [-0.2, -0.15) is 0 Å². The van der Waals surface area contributed by atoms with Crippen molar-refractivity contribution in [1.82, 2.24) is 15.0 Å². The predicted molar refractivity (Wildman–Crippen MR) is 71.9 cm³/mol. The first-order chi connectivity index (χ1) is 9.25. The van der Waals surface area contributed by atoms with Crippen molar-refractivity contribution < 1.29 is 4.79 Å². The van der Waals surface area contributed by atoms with Gasteiger partial charge in [-0.1, -0.05) is 6.07 Å². The van der Waals surface area contributed by atoms with E-state index in [4.69, 9.17) is 0 Å². The average Bonchev–Trinajstić information content (AvgIpc) is 2.46. The van der Waals surface area contributed by atoms with Crippen LogP contribution >= 0.6 is 0 Å². The summed E-state index contributed by atoms with van der Waals surface area (Å²) in [6, 6.07) is 7.24. The summed E-state index contributed by atoms with van der Waals surface area (Å²) < 4.78 is 0. The van der Waals surface area contributed by atoms with Crippen LogP contribution in [0, 0.1) is 6.92 Å². The highest BCUT2D eigenvalue weighted by Crippen LogP contribution is 2.17. The Morgan fingerprint density at radius 3 is 2.79 bits per heavy atom. The monoisotopic (exact) mass is 249 g/mol. The molecule has 2 aromatic heterocycles. The van der Waals surface area contributed by atoms with E-state index in [0.29, 0.717) is 22.2 Å². The number of hydrogen-bond acceptors (Lipinski definition) is 4. The Morgan fingerprint density at radius 1 is 1.11 bits per heavy atom. The third-order valence-corrected chi connectivity index (χ3v) is 2.88. The molecule has 0 spiro atoms. The number of aromatic nitrogens is 3. The summed E-state index contributed by atoms with van der Waals surface area (Å²) in [7, 11) is 0. The van der Waals surface area contributed by atoms with Crippen LogP contribution in [0.4, 0.5) is 0 Å². The maximum absolute atomic E-state index is 12.5. The van der Waals surface area contributed by atoms with E-state index >= 15 is 0 Å². The minimum absolute atomic E-state index is 0.0812. The van der Waals surface area contributed by atoms with Crippen molar-refractivity contribution in [3.05, 3.63) is 65.7 Å². The van der Waals surface area contributed by atoms with Crippen molar-refractivity contribution in [3.8, 4) is 0 Å². The molecule has 0 fully saturated rings. The molecule has 4 heteroatoms. The molecule has 0 aliphatic heterocycles. The molecule has 0 bridgehead atoms. The lowest BCUT2D eigenvalue weighted by Crippen LogP contribution is -2.04. The van der Waals surface area contributed by atoms with Gasteiger partial charge in [0.25, 0.3) is 0 Å². The predicted octanol–water partition coefficient (Wildman–Crippen LogP) is 2.56. The van der Waals surface area contributed by atoms with E-state index in [1.807, 2.05) is 25.1 Å². The van der Waals surface area contributed by atoms with E-state index in [-0.39, 0.29) is 5.78 Å². The van der Waals surface area contributed by atoms with Gasteiger partial charge in [0.1, 0.15) is 0 Å². The van der Waals surface area contributed by atoms with E-state index in [0.717, 1.165) is 5.56 Å². The second-order valence-electron chi connectivity index (χ2n) is 4.31. The molecule has 0 radical (unpaired) electrons. The molecule has 0 unspecified atom stereocenters. The molecule has 92 valence electrons. The number of pyridine rings is 1. The van der Waals surface area contributed by atoms with Crippen LogP contribution in [0.3, 0.4) is 0 Å². The summed E-state index contributed by atoms with van der Waals surface area (Å²) in [4.78, 5) is 25.0. The minimum Gasteiger partial charge on any atom is -0.288 e. The van der Waals surface area contributed by atoms with Crippen molar-refractivity contribution in [2.75, 3.05) is 0 Å². The lowest BCUT2D eigenvalue weighted by atomic mass is 10.0. The Bertz CT molecular complexity index is 763. The van der Waals surface area contributed by atoms with Gasteiger partial charge < -0.3 is 0 Å². The quantitative estimate of drug-likeness (QED) is 0.655. The van der Waals surface area contributed by atoms with Gasteiger partial charge in [0.05, 0.1) is 16.6 Å². The molecule has 0 atom stereocenters. The maximum atomic E-state index is 12.5. The first-order valence-corrected chi connectivity index (χ1v) is 5.92. The molecule has 4 nitrogen and oxygen atoms in total. The van der Waals surface area contributed by atoms with Gasteiger partial charge in [-0.25, -0.2) is 0 Å². The molecular formula is C15H11N3O. The number of ketones is 1. The SMILES string of the molecule is Cc1cncc(C(=O)c2cccc3nccnc23)c1. The van der Waals surface area contributed by atoms with Gasteiger partial charge in [-0.15, -0.1) is 0 Å². The van der Waals surface area contributed by atoms with Crippen molar-refractivity contribution in [3.63, 3.8) is 0 Å². The van der Waals surface area contributed by atoms with Crippen molar-refractivity contribution >= 4 is 16.8 Å². The molecule has 3 rings (SSSR count). The van der Waals surface area contributed by atoms with E-state index in [9.17, 15) is 4.79 Å². The average molecular weight is 249 g/mol. The van der Waals surface area contributed by atoms with Crippen LogP contribution in [0.15, 0.2) is 49.1 Å². The number of carbonyl (C=O) groups is 1. The number of fused-ring (bicyclic) bond motifs is 1. The number of carbonyl (C=O) groups excluding carboxylic acids is 1. The van der Waals surface area contributed by atoms with Crippen LogP contribution in [0.25, 0.3) is 11.0 Å². The largest absolute Gasteiger partial charge is 0.288 e. The fourth-order valence-corrected chi connectivity index (χ4v) is 2.01. The first kappa shape index (κ1) is 11.5. The number of benzene rings is 1. The smallest absolute Gasteiger partial charge is 0.196 e. The van der Waals surface area contributed by atoms with E-state index in [1.54, 1.807) is 30.9 Å². The van der Waals surface area contributed by atoms with Gasteiger partial charge in [-0.05, 0) is 30.7 Å². The van der Waals surface area contributed by atoms with Crippen LogP contribution < -0.4 is 0 Å². The molecule has 0 saturated heterocycles. The molecule has 0 aliphatic carbocycles. The summed E-state index contributed by atoms with van der Waals surface area (Å²) in [6.45, 7) is 1.91. The highest BCUT2D eigenvalue weighted by atomic mass is 16.1. The maximum Gasteiger partial charge on any atom is 0.196 e. The molecule has 1 aromatic carbocycles. The van der Waals surface area contributed by atoms with Crippen LogP contribution in [0.1, 0.15) is 21.5 Å². The van der Waals surface area contributed by atoms with Crippen LogP contribution in [0.5, 0.6) is 0 Å². The Balaban J connectivity index is 2.17. The molecular weight excluding hydrogens is 238 g/mol. The summed E-state index contributed by atoms with van der Waals surface area (Å²) >= 11 is 0. The van der Waals surface area contributed by atoms with Crippen molar-refractivity contribution in [2.45, 2.75) is 6.92 Å². The van der Waals surface area contributed by atoms with Crippen molar-refractivity contribution in [1.29, 1.82) is 0 Å². The highest BCUT2D eigenvalue weighted by molar-refractivity contribution is 6.15. The number of aryl methyl sites for hydroxylation is 1. The van der Waals surface area contributed by atoms with Gasteiger partial charge in [-0.3, -0.25) is 19.7 Å². The third-order valence-electron chi connectivity index (χ3n) is 2.88. The number of para-hydroxylation sites is 1. The molecule has 2 heterocycles. The summed E-state index contributed by atoms with van der Waals surface area (Å²) in [5, 5.41) is 0. The van der Waals surface area contributed by atoms with Crippen LogP contribution in [-0.2, 0) is 0 Å². The molecule has 0 saturated carbocycles. The summed E-state index contributed by atoms with van der Waals surface area (Å²) in [5.41, 5.74) is 3.42. The van der Waals surface area contributed by atoms with Gasteiger partial charge in [0, 0.05) is 30.4 Å². The molecule has 3 aromatic rings. The minimum atomic E-state index is -0.0812. The van der Waals surface area contributed by atoms with E-state index < -0.39 is 0 Å². The number of nitrogens with zero attached hydrogens (tertiary/aromatic N) is 3. The van der Waals surface area contributed by atoms with Crippen LogP contribution in [0.2, 0.25) is 0 Å². The Morgan fingerprint density at radius 2 is 1.95 bits per heavy atom. The van der Waals surface area contributed by atoms with Gasteiger partial charge in [0.2, 0.25) is 0 Å². The zero-order valence-corrected chi connectivity index (χ0v) is 10.4. The number of rotatable bonds is 2. The Labute approximate surface area is 110 Å². The van der Waals surface area contributed by atoms with E-state index in [1.165, 1.54) is 0 Å². The van der Waals surface area contributed by atoms with Gasteiger partial charge >= 0.3 is 0 Å². The van der Waals surface area contributed by atoms with Gasteiger partial charge in [0.15, 0.2) is 5.78 Å². The third kappa shape index (κ3) is 2.08. The lowest BCUT2D eigenvalue weighted by molar-refractivity contribution is 0.103. The van der Waals surface area contributed by atoms with Crippen LogP contribution in [-0.4, -0.2) is 20.7 Å². The fraction of sp³-hybridized carbons (Fsp3) is 0.0667. The zero-order chi connectivity index (χ0) is 13.2. The topological polar surface area (TPSA) is 55.7 Å².